The Morgan fingerprint density at radius 1 is 1.50 bits per heavy atom. The molecule has 1 aromatic carbocycles. The molecule has 0 spiro atoms. The maximum atomic E-state index is 11.4. The molecule has 9 heteroatoms. The van der Waals surface area contributed by atoms with Crippen molar-refractivity contribution in [1.82, 2.24) is 4.98 Å². The zero-order valence-corrected chi connectivity index (χ0v) is 15.1. The van der Waals surface area contributed by atoms with Crippen molar-refractivity contribution in [2.45, 2.75) is 13.3 Å². The van der Waals surface area contributed by atoms with Gasteiger partial charge >= 0.3 is 11.9 Å². The van der Waals surface area contributed by atoms with Crippen molar-refractivity contribution in [1.29, 1.82) is 0 Å². The summed E-state index contributed by atoms with van der Waals surface area (Å²) in [7, 11) is 0. The Morgan fingerprint density at radius 2 is 2.29 bits per heavy atom. The number of hydrogen-bond acceptors (Lipinski definition) is 7. The number of aromatic nitrogens is 1. The summed E-state index contributed by atoms with van der Waals surface area (Å²) >= 11 is 4.53. The van der Waals surface area contributed by atoms with Crippen LogP contribution in [0.4, 0.5) is 5.13 Å². The van der Waals surface area contributed by atoms with E-state index in [0.717, 1.165) is 5.56 Å². The third-order valence-electron chi connectivity index (χ3n) is 2.78. The van der Waals surface area contributed by atoms with Crippen LogP contribution in [0.25, 0.3) is 0 Å². The van der Waals surface area contributed by atoms with Crippen LogP contribution in [0.2, 0.25) is 0 Å². The zero-order chi connectivity index (χ0) is 17.5. The monoisotopic (exact) mass is 411 g/mol. The molecule has 0 aliphatic carbocycles. The molecule has 1 aromatic heterocycles. The summed E-state index contributed by atoms with van der Waals surface area (Å²) in [4.78, 5) is 26.5. The number of carbonyl (C=O) groups is 2. The van der Waals surface area contributed by atoms with E-state index in [2.05, 4.69) is 31.4 Å². The second-order valence-corrected chi connectivity index (χ2v) is 6.25. The quantitative estimate of drug-likeness (QED) is 0.412. The number of hydrazone groups is 1. The highest BCUT2D eigenvalue weighted by Crippen LogP contribution is 2.18. The minimum Gasteiger partial charge on any atom is -0.478 e. The van der Waals surface area contributed by atoms with E-state index < -0.39 is 5.97 Å². The Hall–Kier alpha value is -2.26. The second kappa shape index (κ2) is 8.55. The largest absolute Gasteiger partial charge is 0.478 e. The van der Waals surface area contributed by atoms with E-state index in [1.54, 1.807) is 30.7 Å². The predicted octanol–water partition coefficient (Wildman–Crippen LogP) is 3.16. The fraction of sp³-hybridized carbons (Fsp3) is 0.200. The van der Waals surface area contributed by atoms with E-state index in [0.29, 0.717) is 21.9 Å². The van der Waals surface area contributed by atoms with Crippen molar-refractivity contribution < 1.29 is 19.4 Å². The highest BCUT2D eigenvalue weighted by atomic mass is 79.9. The van der Waals surface area contributed by atoms with Gasteiger partial charge in [-0.2, -0.15) is 5.10 Å². The van der Waals surface area contributed by atoms with Gasteiger partial charge in [0, 0.05) is 9.85 Å². The molecule has 2 rings (SSSR count). The van der Waals surface area contributed by atoms with Gasteiger partial charge in [0.15, 0.2) is 0 Å². The highest BCUT2D eigenvalue weighted by molar-refractivity contribution is 9.10. The summed E-state index contributed by atoms with van der Waals surface area (Å²) in [6, 6.07) is 4.80. The minimum absolute atomic E-state index is 0.124. The lowest BCUT2D eigenvalue weighted by molar-refractivity contribution is -0.142. The van der Waals surface area contributed by atoms with Gasteiger partial charge in [-0.3, -0.25) is 10.2 Å². The summed E-state index contributed by atoms with van der Waals surface area (Å²) in [5.41, 5.74) is 4.29. The molecule has 0 aliphatic heterocycles. The molecule has 126 valence electrons. The first kappa shape index (κ1) is 18.1. The molecule has 0 amide bonds. The van der Waals surface area contributed by atoms with Crippen LogP contribution in [-0.2, 0) is 16.0 Å². The summed E-state index contributed by atoms with van der Waals surface area (Å²) in [6.07, 6.45) is 1.67. The van der Waals surface area contributed by atoms with Crippen molar-refractivity contribution in [3.63, 3.8) is 0 Å². The number of nitrogens with zero attached hydrogens (tertiary/aromatic N) is 2. The molecule has 0 saturated heterocycles. The number of carboxylic acids is 1. The second-order valence-electron chi connectivity index (χ2n) is 4.54. The minimum atomic E-state index is -1.000. The number of anilines is 1. The molecule has 0 aliphatic rings. The number of nitrogens with one attached hydrogen (secondary N) is 1. The van der Waals surface area contributed by atoms with E-state index >= 15 is 0 Å². The SMILES string of the molecule is CCOC(=O)Cc1csc(NN=Cc2ccc(C(=O)O)c(Br)c2)n1. The summed E-state index contributed by atoms with van der Waals surface area (Å²) in [5.74, 6) is -1.32. The van der Waals surface area contributed by atoms with Crippen molar-refractivity contribution in [3.8, 4) is 0 Å². The van der Waals surface area contributed by atoms with Crippen LogP contribution in [0.15, 0.2) is 33.2 Å². The van der Waals surface area contributed by atoms with E-state index in [1.165, 1.54) is 17.4 Å². The summed E-state index contributed by atoms with van der Waals surface area (Å²) in [5, 5.41) is 15.3. The standard InChI is InChI=1S/C15H14BrN3O4S/c1-2-23-13(20)6-10-8-24-15(18-10)19-17-7-9-3-4-11(14(21)22)12(16)5-9/h3-5,7-8H,2,6H2,1H3,(H,18,19)(H,21,22). The molecule has 7 nitrogen and oxygen atoms in total. The maximum Gasteiger partial charge on any atom is 0.336 e. The molecule has 2 aromatic rings. The average Bonchev–Trinajstić information content (AvgIpc) is 2.94. The van der Waals surface area contributed by atoms with E-state index in [4.69, 9.17) is 9.84 Å². The topological polar surface area (TPSA) is 101 Å². The molecule has 24 heavy (non-hydrogen) atoms. The number of aromatic carboxylic acids is 1. The van der Waals surface area contributed by atoms with E-state index in [1.807, 2.05) is 0 Å². The van der Waals surface area contributed by atoms with Crippen LogP contribution in [0, 0.1) is 0 Å². The summed E-state index contributed by atoms with van der Waals surface area (Å²) < 4.78 is 5.34. The van der Waals surface area contributed by atoms with Gasteiger partial charge in [-0.25, -0.2) is 9.78 Å². The fourth-order valence-corrected chi connectivity index (χ4v) is 2.97. The molecule has 0 saturated carbocycles. The summed E-state index contributed by atoms with van der Waals surface area (Å²) in [6.45, 7) is 2.09. The average molecular weight is 412 g/mol. The number of carboxylic acid groups (broad SMARTS) is 1. The molecular formula is C15H14BrN3O4S. The molecule has 2 N–H and O–H groups in total. The Bertz CT molecular complexity index is 776. The molecular weight excluding hydrogens is 398 g/mol. The number of rotatable bonds is 7. The number of ether oxygens (including phenoxy) is 1. The number of carbonyl (C=O) groups excluding carboxylic acids is 1. The van der Waals surface area contributed by atoms with Gasteiger partial charge < -0.3 is 9.84 Å². The van der Waals surface area contributed by atoms with Gasteiger partial charge in [0.2, 0.25) is 5.13 Å². The van der Waals surface area contributed by atoms with Crippen LogP contribution >= 0.6 is 27.3 Å². The Labute approximate surface area is 150 Å². The van der Waals surface area contributed by atoms with Crippen molar-refractivity contribution in [3.05, 3.63) is 44.9 Å². The first-order valence-electron chi connectivity index (χ1n) is 6.91. The number of benzene rings is 1. The zero-order valence-electron chi connectivity index (χ0n) is 12.7. The van der Waals surface area contributed by atoms with E-state index in [9.17, 15) is 9.59 Å². The van der Waals surface area contributed by atoms with Crippen molar-refractivity contribution in [2.24, 2.45) is 5.10 Å². The molecule has 0 unspecified atom stereocenters. The number of halogens is 1. The number of hydrogen-bond donors (Lipinski definition) is 2. The van der Waals surface area contributed by atoms with Gasteiger partial charge in [-0.05, 0) is 40.5 Å². The van der Waals surface area contributed by atoms with Crippen LogP contribution in [-0.4, -0.2) is 34.9 Å². The third kappa shape index (κ3) is 5.14. The molecule has 0 atom stereocenters. The number of thiazole rings is 1. The fourth-order valence-electron chi connectivity index (χ4n) is 1.75. The van der Waals surface area contributed by atoms with Gasteiger partial charge in [-0.1, -0.05) is 6.07 Å². The van der Waals surface area contributed by atoms with Crippen LogP contribution < -0.4 is 5.43 Å². The number of esters is 1. The lowest BCUT2D eigenvalue weighted by Crippen LogP contribution is -2.07. The first-order valence-corrected chi connectivity index (χ1v) is 8.58. The van der Waals surface area contributed by atoms with Crippen LogP contribution in [0.1, 0.15) is 28.5 Å². The maximum absolute atomic E-state index is 11.4. The van der Waals surface area contributed by atoms with E-state index in [-0.39, 0.29) is 18.0 Å². The van der Waals surface area contributed by atoms with Crippen LogP contribution in [0.3, 0.4) is 0 Å². The Kier molecular flexibility index (Phi) is 6.44. The third-order valence-corrected chi connectivity index (χ3v) is 4.23. The highest BCUT2D eigenvalue weighted by Gasteiger charge is 2.09. The van der Waals surface area contributed by atoms with Gasteiger partial charge in [0.05, 0.1) is 30.5 Å². The first-order chi connectivity index (χ1) is 11.5. The normalized spacial score (nSPS) is 10.8. The van der Waals surface area contributed by atoms with Crippen molar-refractivity contribution in [2.75, 3.05) is 12.0 Å². The molecule has 1 heterocycles. The Morgan fingerprint density at radius 3 is 2.96 bits per heavy atom. The van der Waals surface area contributed by atoms with Gasteiger partial charge in [0.1, 0.15) is 0 Å². The van der Waals surface area contributed by atoms with Gasteiger partial charge in [0.25, 0.3) is 0 Å². The molecule has 0 bridgehead atoms. The smallest absolute Gasteiger partial charge is 0.336 e. The van der Waals surface area contributed by atoms with Crippen LogP contribution in [0.5, 0.6) is 0 Å². The lowest BCUT2D eigenvalue weighted by atomic mass is 10.1. The Balaban J connectivity index is 1.95. The predicted molar refractivity (Wildman–Crippen MR) is 94.8 cm³/mol. The molecule has 0 radical (unpaired) electrons. The van der Waals surface area contributed by atoms with Gasteiger partial charge in [-0.15, -0.1) is 11.3 Å². The van der Waals surface area contributed by atoms with Crippen molar-refractivity contribution >= 4 is 50.6 Å². The lowest BCUT2D eigenvalue weighted by Gasteiger charge is -2.00. The molecule has 0 fully saturated rings.